The van der Waals surface area contributed by atoms with Gasteiger partial charge in [-0.1, -0.05) is 17.7 Å². The minimum atomic E-state index is -4.42. The first-order valence-corrected chi connectivity index (χ1v) is 9.09. The van der Waals surface area contributed by atoms with Crippen LogP contribution in [0.2, 0.25) is 5.02 Å². The van der Waals surface area contributed by atoms with Gasteiger partial charge < -0.3 is 19.7 Å². The van der Waals surface area contributed by atoms with Gasteiger partial charge in [-0.05, 0) is 47.9 Å². The van der Waals surface area contributed by atoms with Gasteiger partial charge in [-0.2, -0.15) is 13.2 Å². The van der Waals surface area contributed by atoms with Gasteiger partial charge >= 0.3 is 6.18 Å². The SMILES string of the molecule is O=C(Cn1ccc2ccc(Cl)cc21)NCC(O)COc1ccc(C(F)(F)F)cc1. The third kappa shape index (κ3) is 5.65. The Bertz CT molecular complexity index is 987. The third-order valence-electron chi connectivity index (χ3n) is 4.21. The van der Waals surface area contributed by atoms with Crippen molar-refractivity contribution in [2.75, 3.05) is 13.2 Å². The van der Waals surface area contributed by atoms with E-state index in [9.17, 15) is 23.1 Å². The minimum absolute atomic E-state index is 0.0519. The van der Waals surface area contributed by atoms with E-state index in [0.29, 0.717) is 5.02 Å². The van der Waals surface area contributed by atoms with Crippen molar-refractivity contribution in [3.8, 4) is 5.75 Å². The predicted octanol–water partition coefficient (Wildman–Crippen LogP) is 3.87. The van der Waals surface area contributed by atoms with Crippen LogP contribution < -0.4 is 10.1 Å². The molecular weight excluding hydrogens is 409 g/mol. The Kier molecular flexibility index (Phi) is 6.34. The lowest BCUT2D eigenvalue weighted by molar-refractivity contribution is -0.137. The number of nitrogens with one attached hydrogen (secondary N) is 1. The van der Waals surface area contributed by atoms with E-state index in [2.05, 4.69) is 5.32 Å². The number of fused-ring (bicyclic) bond motifs is 1. The van der Waals surface area contributed by atoms with E-state index < -0.39 is 17.8 Å². The molecule has 0 radical (unpaired) electrons. The van der Waals surface area contributed by atoms with E-state index in [1.807, 2.05) is 12.1 Å². The topological polar surface area (TPSA) is 63.5 Å². The number of alkyl halides is 3. The van der Waals surface area contributed by atoms with Crippen molar-refractivity contribution in [2.45, 2.75) is 18.8 Å². The fourth-order valence-electron chi connectivity index (χ4n) is 2.73. The summed E-state index contributed by atoms with van der Waals surface area (Å²) in [6.07, 6.45) is -3.67. The summed E-state index contributed by atoms with van der Waals surface area (Å²) in [7, 11) is 0. The molecule has 154 valence electrons. The molecule has 0 saturated heterocycles. The van der Waals surface area contributed by atoms with E-state index in [0.717, 1.165) is 23.0 Å². The number of aliphatic hydroxyl groups excluding tert-OH is 1. The Labute approximate surface area is 169 Å². The molecule has 29 heavy (non-hydrogen) atoms. The number of hydrogen-bond donors (Lipinski definition) is 2. The Hall–Kier alpha value is -2.71. The number of hydrogen-bond acceptors (Lipinski definition) is 3. The van der Waals surface area contributed by atoms with Gasteiger partial charge in [-0.25, -0.2) is 0 Å². The first-order valence-electron chi connectivity index (χ1n) is 8.71. The van der Waals surface area contributed by atoms with E-state index >= 15 is 0 Å². The van der Waals surface area contributed by atoms with Crippen molar-refractivity contribution < 1.29 is 27.8 Å². The molecule has 2 aromatic carbocycles. The smallest absolute Gasteiger partial charge is 0.416 e. The molecule has 1 amide bonds. The molecule has 9 heteroatoms. The number of halogens is 4. The van der Waals surface area contributed by atoms with E-state index in [-0.39, 0.29) is 31.4 Å². The van der Waals surface area contributed by atoms with Crippen LogP contribution >= 0.6 is 11.6 Å². The van der Waals surface area contributed by atoms with Crippen molar-refractivity contribution in [1.29, 1.82) is 0 Å². The molecule has 3 rings (SSSR count). The maximum Gasteiger partial charge on any atom is 0.416 e. The molecule has 0 aliphatic carbocycles. The van der Waals surface area contributed by atoms with Crippen LogP contribution in [0.25, 0.3) is 10.9 Å². The summed E-state index contributed by atoms with van der Waals surface area (Å²) in [4.78, 5) is 12.1. The molecule has 3 aromatic rings. The number of benzene rings is 2. The Morgan fingerprint density at radius 1 is 1.17 bits per heavy atom. The maximum atomic E-state index is 12.5. The molecule has 5 nitrogen and oxygen atoms in total. The second kappa shape index (κ2) is 8.75. The number of carbonyl (C=O) groups excluding carboxylic acids is 1. The first kappa shape index (κ1) is 21.0. The Morgan fingerprint density at radius 3 is 2.59 bits per heavy atom. The van der Waals surface area contributed by atoms with Gasteiger partial charge in [0.1, 0.15) is 25.0 Å². The lowest BCUT2D eigenvalue weighted by Crippen LogP contribution is -2.36. The highest BCUT2D eigenvalue weighted by atomic mass is 35.5. The second-order valence-corrected chi connectivity index (χ2v) is 6.87. The molecular formula is C20H18ClF3N2O3. The molecule has 0 aliphatic rings. The number of ether oxygens (including phenoxy) is 1. The Morgan fingerprint density at radius 2 is 1.90 bits per heavy atom. The normalized spacial score (nSPS) is 12.7. The number of nitrogens with zero attached hydrogens (tertiary/aromatic N) is 1. The summed E-state index contributed by atoms with van der Waals surface area (Å²) in [5.41, 5.74) is 0.0373. The average molecular weight is 427 g/mol. The zero-order chi connectivity index (χ0) is 21.0. The molecule has 0 spiro atoms. The number of carbonyl (C=O) groups is 1. The molecule has 0 aliphatic heterocycles. The van der Waals surface area contributed by atoms with Crippen LogP contribution in [0, 0.1) is 0 Å². The number of amides is 1. The predicted molar refractivity (Wildman–Crippen MR) is 103 cm³/mol. The van der Waals surface area contributed by atoms with E-state index in [4.69, 9.17) is 16.3 Å². The van der Waals surface area contributed by atoms with Crippen LogP contribution in [0.4, 0.5) is 13.2 Å². The monoisotopic (exact) mass is 426 g/mol. The fraction of sp³-hybridized carbons (Fsp3) is 0.250. The number of aliphatic hydroxyl groups is 1. The van der Waals surface area contributed by atoms with Crippen LogP contribution in [0.5, 0.6) is 5.75 Å². The average Bonchev–Trinajstić information content (AvgIpc) is 3.06. The van der Waals surface area contributed by atoms with Gasteiger partial charge in [-0.3, -0.25) is 4.79 Å². The highest BCUT2D eigenvalue weighted by Crippen LogP contribution is 2.30. The molecule has 1 unspecified atom stereocenters. The fourth-order valence-corrected chi connectivity index (χ4v) is 2.90. The highest BCUT2D eigenvalue weighted by molar-refractivity contribution is 6.31. The number of rotatable bonds is 7. The zero-order valence-corrected chi connectivity index (χ0v) is 15.9. The van der Waals surface area contributed by atoms with Gasteiger partial charge in [0.05, 0.1) is 5.56 Å². The lowest BCUT2D eigenvalue weighted by atomic mass is 10.2. The van der Waals surface area contributed by atoms with Gasteiger partial charge in [0.2, 0.25) is 5.91 Å². The summed E-state index contributed by atoms with van der Waals surface area (Å²) < 4.78 is 44.6. The molecule has 0 saturated carbocycles. The molecule has 2 N–H and O–H groups in total. The zero-order valence-electron chi connectivity index (χ0n) is 15.1. The second-order valence-electron chi connectivity index (χ2n) is 6.44. The quantitative estimate of drug-likeness (QED) is 0.603. The van der Waals surface area contributed by atoms with Crippen LogP contribution in [0.15, 0.2) is 54.7 Å². The summed E-state index contributed by atoms with van der Waals surface area (Å²) in [5, 5.41) is 14.0. The summed E-state index contributed by atoms with van der Waals surface area (Å²) in [6, 6.07) is 11.4. The van der Waals surface area contributed by atoms with Gasteiger partial charge in [0, 0.05) is 23.3 Å². The van der Waals surface area contributed by atoms with E-state index in [1.54, 1.807) is 22.9 Å². The van der Waals surface area contributed by atoms with Gasteiger partial charge in [-0.15, -0.1) is 0 Å². The first-order chi connectivity index (χ1) is 13.7. The standard InChI is InChI=1S/C20H18ClF3N2O3/c21-15-4-1-13-7-8-26(18(13)9-15)11-19(28)25-10-16(27)12-29-17-5-2-14(3-6-17)20(22,23)24/h1-9,16,27H,10-12H2,(H,25,28). The van der Waals surface area contributed by atoms with Crippen LogP contribution in [0.3, 0.4) is 0 Å². The van der Waals surface area contributed by atoms with Gasteiger partial charge in [0.15, 0.2) is 0 Å². The summed E-state index contributed by atoms with van der Waals surface area (Å²) in [6.45, 7) is -0.177. The molecule has 1 heterocycles. The van der Waals surface area contributed by atoms with Crippen LogP contribution in [-0.4, -0.2) is 34.8 Å². The minimum Gasteiger partial charge on any atom is -0.491 e. The maximum absolute atomic E-state index is 12.5. The van der Waals surface area contributed by atoms with Crippen molar-refractivity contribution in [3.63, 3.8) is 0 Å². The highest BCUT2D eigenvalue weighted by Gasteiger charge is 2.30. The van der Waals surface area contributed by atoms with Crippen molar-refractivity contribution in [1.82, 2.24) is 9.88 Å². The summed E-state index contributed by atoms with van der Waals surface area (Å²) >= 11 is 5.99. The lowest BCUT2D eigenvalue weighted by Gasteiger charge is -2.14. The molecule has 1 atom stereocenters. The third-order valence-corrected chi connectivity index (χ3v) is 4.44. The van der Waals surface area contributed by atoms with Crippen molar-refractivity contribution in [2.24, 2.45) is 0 Å². The molecule has 0 bridgehead atoms. The Balaban J connectivity index is 1.45. The van der Waals surface area contributed by atoms with Gasteiger partial charge in [0.25, 0.3) is 0 Å². The van der Waals surface area contributed by atoms with Crippen LogP contribution in [0.1, 0.15) is 5.56 Å². The largest absolute Gasteiger partial charge is 0.491 e. The molecule has 0 fully saturated rings. The molecule has 1 aromatic heterocycles. The summed E-state index contributed by atoms with van der Waals surface area (Å²) in [5.74, 6) is -0.116. The van der Waals surface area contributed by atoms with E-state index in [1.165, 1.54) is 12.1 Å². The van der Waals surface area contributed by atoms with Crippen molar-refractivity contribution in [3.05, 3.63) is 65.3 Å². The number of aromatic nitrogens is 1. The van der Waals surface area contributed by atoms with Crippen LogP contribution in [-0.2, 0) is 17.5 Å². The van der Waals surface area contributed by atoms with Crippen molar-refractivity contribution >= 4 is 28.4 Å².